The number of nitrogens with zero attached hydrogens (tertiary/aromatic N) is 4. The Kier molecular flexibility index (Phi) is 6.08. The molecule has 0 aliphatic rings. The molecule has 10 heteroatoms. The van der Waals surface area contributed by atoms with E-state index in [-0.39, 0.29) is 29.1 Å². The number of anilines is 1. The standard InChI is InChI=1S/C21H18N6O3S/c1-30-16-9-14(7-8-15(16)28)25-17(29)11-31-20-18-19(24-12-23-18)26-21(27-20)22-10-13-5-3-2-4-6-13/h2-10,12,28H,11H2,1H3,(H,25,29)(H,23,24,26,27). The molecule has 4 rings (SSSR count). The molecule has 0 spiro atoms. The molecule has 2 aromatic carbocycles. The molecule has 0 unspecified atom stereocenters. The highest BCUT2D eigenvalue weighted by molar-refractivity contribution is 8.00. The molecule has 0 fully saturated rings. The van der Waals surface area contributed by atoms with Crippen molar-refractivity contribution in [3.8, 4) is 11.5 Å². The molecule has 0 aliphatic carbocycles. The normalized spacial score (nSPS) is 11.1. The molecular weight excluding hydrogens is 416 g/mol. The minimum absolute atomic E-state index is 0.00100. The highest BCUT2D eigenvalue weighted by Gasteiger charge is 2.13. The number of methoxy groups -OCH3 is 1. The number of aliphatic imine (C=N–C) groups is 1. The number of fused-ring (bicyclic) bond motifs is 1. The highest BCUT2D eigenvalue weighted by atomic mass is 32.2. The Morgan fingerprint density at radius 2 is 2.10 bits per heavy atom. The third-order valence-corrected chi connectivity index (χ3v) is 5.15. The number of hydrogen-bond donors (Lipinski definition) is 3. The number of hydrogen-bond acceptors (Lipinski definition) is 8. The molecular formula is C21H18N6O3S. The van der Waals surface area contributed by atoms with Crippen molar-refractivity contribution in [3.05, 3.63) is 60.4 Å². The van der Waals surface area contributed by atoms with Gasteiger partial charge in [-0.15, -0.1) is 0 Å². The van der Waals surface area contributed by atoms with Gasteiger partial charge in [0, 0.05) is 18.0 Å². The molecule has 0 atom stereocenters. The van der Waals surface area contributed by atoms with Crippen LogP contribution in [0.15, 0.2) is 64.9 Å². The summed E-state index contributed by atoms with van der Waals surface area (Å²) < 4.78 is 5.06. The van der Waals surface area contributed by atoms with Crippen LogP contribution in [0.25, 0.3) is 11.2 Å². The number of imidazole rings is 1. The second-order valence-corrected chi connectivity index (χ2v) is 7.29. The lowest BCUT2D eigenvalue weighted by molar-refractivity contribution is -0.113. The number of aromatic nitrogens is 4. The van der Waals surface area contributed by atoms with E-state index in [0.717, 1.165) is 5.56 Å². The van der Waals surface area contributed by atoms with Gasteiger partial charge in [-0.1, -0.05) is 42.1 Å². The van der Waals surface area contributed by atoms with Crippen molar-refractivity contribution in [1.29, 1.82) is 0 Å². The Bertz CT molecular complexity index is 1240. The fraction of sp³-hybridized carbons (Fsp3) is 0.0952. The zero-order chi connectivity index (χ0) is 21.6. The highest BCUT2D eigenvalue weighted by Crippen LogP contribution is 2.29. The van der Waals surface area contributed by atoms with Crippen LogP contribution in [0.5, 0.6) is 11.5 Å². The first kappa shape index (κ1) is 20.4. The molecule has 3 N–H and O–H groups in total. The average Bonchev–Trinajstić information content (AvgIpc) is 3.27. The van der Waals surface area contributed by atoms with Gasteiger partial charge < -0.3 is 20.1 Å². The van der Waals surface area contributed by atoms with Crippen LogP contribution in [0.1, 0.15) is 5.56 Å². The summed E-state index contributed by atoms with van der Waals surface area (Å²) in [6.45, 7) is 0. The summed E-state index contributed by atoms with van der Waals surface area (Å²) in [6.07, 6.45) is 3.20. The summed E-state index contributed by atoms with van der Waals surface area (Å²) in [5.41, 5.74) is 2.55. The van der Waals surface area contributed by atoms with Crippen molar-refractivity contribution in [2.24, 2.45) is 4.99 Å². The largest absolute Gasteiger partial charge is 0.504 e. The summed E-state index contributed by atoms with van der Waals surface area (Å²) in [5, 5.41) is 13.0. The number of phenolic OH excluding ortho intramolecular Hbond substituents is 1. The van der Waals surface area contributed by atoms with E-state index >= 15 is 0 Å². The third kappa shape index (κ3) is 4.98. The number of nitrogens with one attached hydrogen (secondary N) is 2. The Hall–Kier alpha value is -3.92. The minimum Gasteiger partial charge on any atom is -0.504 e. The summed E-state index contributed by atoms with van der Waals surface area (Å²) in [4.78, 5) is 32.7. The molecule has 2 aromatic heterocycles. The van der Waals surface area contributed by atoms with Crippen LogP contribution in [0.4, 0.5) is 11.6 Å². The molecule has 156 valence electrons. The van der Waals surface area contributed by atoms with Gasteiger partial charge in [-0.3, -0.25) is 4.79 Å². The topological polar surface area (TPSA) is 125 Å². The van der Waals surface area contributed by atoms with Crippen LogP contribution >= 0.6 is 11.8 Å². The number of carbonyl (C=O) groups excluding carboxylic acids is 1. The van der Waals surface area contributed by atoms with Gasteiger partial charge in [0.25, 0.3) is 5.95 Å². The van der Waals surface area contributed by atoms with Gasteiger partial charge >= 0.3 is 0 Å². The molecule has 9 nitrogen and oxygen atoms in total. The van der Waals surface area contributed by atoms with Crippen molar-refractivity contribution >= 4 is 46.7 Å². The fourth-order valence-corrected chi connectivity index (χ4v) is 3.50. The molecule has 31 heavy (non-hydrogen) atoms. The molecule has 0 saturated heterocycles. The van der Waals surface area contributed by atoms with Crippen LogP contribution in [0, 0.1) is 0 Å². The second kappa shape index (κ2) is 9.26. The van der Waals surface area contributed by atoms with Gasteiger partial charge in [-0.05, 0) is 17.7 Å². The third-order valence-electron chi connectivity index (χ3n) is 4.17. The van der Waals surface area contributed by atoms with E-state index in [1.54, 1.807) is 18.3 Å². The van der Waals surface area contributed by atoms with E-state index in [1.807, 2.05) is 30.3 Å². The summed E-state index contributed by atoms with van der Waals surface area (Å²) in [6, 6.07) is 14.2. The lowest BCUT2D eigenvalue weighted by Crippen LogP contribution is -2.14. The Morgan fingerprint density at radius 3 is 2.90 bits per heavy atom. The number of rotatable bonds is 7. The molecule has 0 saturated carbocycles. The predicted octanol–water partition coefficient (Wildman–Crippen LogP) is 3.55. The van der Waals surface area contributed by atoms with Crippen LogP contribution in [-0.2, 0) is 4.79 Å². The summed E-state index contributed by atoms with van der Waals surface area (Å²) in [7, 11) is 1.44. The molecule has 0 radical (unpaired) electrons. The number of phenols is 1. The van der Waals surface area contributed by atoms with Crippen molar-refractivity contribution < 1.29 is 14.6 Å². The number of ether oxygens (including phenoxy) is 1. The Morgan fingerprint density at radius 1 is 1.26 bits per heavy atom. The van der Waals surface area contributed by atoms with Crippen molar-refractivity contribution in [3.63, 3.8) is 0 Å². The van der Waals surface area contributed by atoms with Crippen LogP contribution in [0.3, 0.4) is 0 Å². The maximum absolute atomic E-state index is 12.4. The molecule has 4 aromatic rings. The average molecular weight is 434 g/mol. The number of aromatic hydroxyl groups is 1. The van der Waals surface area contributed by atoms with E-state index in [0.29, 0.717) is 21.9 Å². The molecule has 0 bridgehead atoms. The molecule has 0 aliphatic heterocycles. The minimum atomic E-state index is -0.238. The van der Waals surface area contributed by atoms with Crippen molar-refractivity contribution in [1.82, 2.24) is 19.9 Å². The molecule has 2 heterocycles. The van der Waals surface area contributed by atoms with E-state index in [9.17, 15) is 9.90 Å². The monoisotopic (exact) mass is 434 g/mol. The first-order valence-corrected chi connectivity index (χ1v) is 10.2. The number of carbonyl (C=O) groups is 1. The zero-order valence-corrected chi connectivity index (χ0v) is 17.3. The predicted molar refractivity (Wildman–Crippen MR) is 119 cm³/mol. The fourth-order valence-electron chi connectivity index (χ4n) is 2.72. The van der Waals surface area contributed by atoms with Crippen molar-refractivity contribution in [2.45, 2.75) is 5.03 Å². The molecule has 1 amide bonds. The first-order valence-electron chi connectivity index (χ1n) is 9.22. The quantitative estimate of drug-likeness (QED) is 0.176. The maximum atomic E-state index is 12.4. The van der Waals surface area contributed by atoms with Gasteiger partial charge in [0.1, 0.15) is 10.5 Å². The van der Waals surface area contributed by atoms with E-state index in [4.69, 9.17) is 4.74 Å². The lowest BCUT2D eigenvalue weighted by atomic mass is 10.2. The SMILES string of the molecule is COc1cc(NC(=O)CSc2nc(N=Cc3ccccc3)nc3nc[nH]c23)ccc1O. The van der Waals surface area contributed by atoms with Gasteiger partial charge in [-0.2, -0.15) is 4.98 Å². The number of benzene rings is 2. The first-order chi connectivity index (χ1) is 15.1. The van der Waals surface area contributed by atoms with Crippen LogP contribution < -0.4 is 10.1 Å². The van der Waals surface area contributed by atoms with Gasteiger partial charge in [0.05, 0.1) is 19.2 Å². The lowest BCUT2D eigenvalue weighted by Gasteiger charge is -2.08. The van der Waals surface area contributed by atoms with E-state index in [2.05, 4.69) is 30.2 Å². The van der Waals surface area contributed by atoms with Gasteiger partial charge in [0.15, 0.2) is 17.1 Å². The van der Waals surface area contributed by atoms with Crippen molar-refractivity contribution in [2.75, 3.05) is 18.2 Å². The Labute approximate surface area is 181 Å². The van der Waals surface area contributed by atoms with Crippen LogP contribution in [-0.4, -0.2) is 50.0 Å². The number of thioether (sulfide) groups is 1. The van der Waals surface area contributed by atoms with Gasteiger partial charge in [-0.25, -0.2) is 15.0 Å². The van der Waals surface area contributed by atoms with E-state index in [1.165, 1.54) is 31.3 Å². The van der Waals surface area contributed by atoms with E-state index < -0.39 is 0 Å². The maximum Gasteiger partial charge on any atom is 0.252 e. The second-order valence-electron chi connectivity index (χ2n) is 6.32. The number of H-pyrrole nitrogens is 1. The summed E-state index contributed by atoms with van der Waals surface area (Å²) in [5.74, 6) is 0.409. The summed E-state index contributed by atoms with van der Waals surface area (Å²) >= 11 is 1.24. The number of aromatic amines is 1. The van der Waals surface area contributed by atoms with Gasteiger partial charge in [0.2, 0.25) is 5.91 Å². The van der Waals surface area contributed by atoms with Crippen LogP contribution in [0.2, 0.25) is 0 Å². The number of amides is 1. The smallest absolute Gasteiger partial charge is 0.252 e. The zero-order valence-electron chi connectivity index (χ0n) is 16.4. The Balaban J connectivity index is 1.48.